The van der Waals surface area contributed by atoms with Gasteiger partial charge in [-0.3, -0.25) is 14.5 Å². The van der Waals surface area contributed by atoms with Crippen molar-refractivity contribution in [1.29, 1.82) is 0 Å². The first-order chi connectivity index (χ1) is 14.9. The van der Waals surface area contributed by atoms with Gasteiger partial charge in [-0.2, -0.15) is 0 Å². The lowest BCUT2D eigenvalue weighted by Crippen LogP contribution is -1.98. The van der Waals surface area contributed by atoms with E-state index < -0.39 is 0 Å². The maximum Gasteiger partial charge on any atom is 0.178 e. The summed E-state index contributed by atoms with van der Waals surface area (Å²) in [6, 6.07) is 11.9. The number of aromatic nitrogens is 8. The van der Waals surface area contributed by atoms with Crippen LogP contribution in [0.15, 0.2) is 79.9 Å². The fourth-order valence-corrected chi connectivity index (χ4v) is 3.56. The lowest BCUT2D eigenvalue weighted by atomic mass is 10.1. The quantitative estimate of drug-likeness (QED) is 0.493. The van der Waals surface area contributed by atoms with E-state index >= 15 is 0 Å². The molecule has 0 radical (unpaired) electrons. The van der Waals surface area contributed by atoms with Gasteiger partial charge in [-0.1, -0.05) is 0 Å². The second-order valence-corrected chi connectivity index (χ2v) is 6.78. The smallest absolute Gasteiger partial charge is 0.178 e. The molecule has 8 heteroatoms. The molecule has 0 aliphatic rings. The number of H-pyrrole nitrogens is 1. The van der Waals surface area contributed by atoms with Gasteiger partial charge in [-0.05, 0) is 36.4 Å². The summed E-state index contributed by atoms with van der Waals surface area (Å²) in [5.41, 5.74) is 6.95. The van der Waals surface area contributed by atoms with Crippen LogP contribution in [0.3, 0.4) is 0 Å². The molecule has 0 fully saturated rings. The monoisotopic (exact) mass is 390 g/mol. The molecule has 1 N–H and O–H groups in total. The molecule has 0 aromatic carbocycles. The molecule has 0 aliphatic heterocycles. The highest BCUT2D eigenvalue weighted by Crippen LogP contribution is 2.30. The first-order valence-corrected chi connectivity index (χ1v) is 9.36. The second kappa shape index (κ2) is 6.56. The molecule has 6 rings (SSSR count). The first-order valence-electron chi connectivity index (χ1n) is 9.36. The summed E-state index contributed by atoms with van der Waals surface area (Å²) in [6.45, 7) is 0. The van der Waals surface area contributed by atoms with E-state index in [0.717, 1.165) is 39.2 Å². The Labute approximate surface area is 170 Å². The molecule has 0 atom stereocenters. The first kappa shape index (κ1) is 16.5. The van der Waals surface area contributed by atoms with Gasteiger partial charge >= 0.3 is 0 Å². The molecule has 30 heavy (non-hydrogen) atoms. The van der Waals surface area contributed by atoms with E-state index in [2.05, 4.69) is 40.5 Å². The standard InChI is InChI=1S/C22H14N8/c1-5-23-6-2-14(1)22-29-21-19(30(22)17-3-7-24-8-4-17)10-16(12-26-21)15-9-18-20(25-11-15)28-13-27-18/h1-13H,(H,25,27,28). The number of hydrogen-bond acceptors (Lipinski definition) is 6. The number of fused-ring (bicyclic) bond motifs is 2. The third kappa shape index (κ3) is 2.62. The third-order valence-corrected chi connectivity index (χ3v) is 4.98. The minimum Gasteiger partial charge on any atom is -0.343 e. The Morgan fingerprint density at radius 2 is 1.40 bits per heavy atom. The van der Waals surface area contributed by atoms with Gasteiger partial charge in [0.25, 0.3) is 0 Å². The average Bonchev–Trinajstić information content (AvgIpc) is 3.44. The normalized spacial score (nSPS) is 11.3. The topological polar surface area (TPSA) is 98.1 Å². The van der Waals surface area contributed by atoms with E-state index in [1.54, 1.807) is 31.1 Å². The number of nitrogens with zero attached hydrogens (tertiary/aromatic N) is 7. The summed E-state index contributed by atoms with van der Waals surface area (Å²) in [6.07, 6.45) is 12.3. The van der Waals surface area contributed by atoms with Gasteiger partial charge in [0.05, 0.1) is 23.0 Å². The highest BCUT2D eigenvalue weighted by atomic mass is 15.1. The summed E-state index contributed by atoms with van der Waals surface area (Å²) in [4.78, 5) is 29.4. The van der Waals surface area contributed by atoms with E-state index in [0.29, 0.717) is 11.3 Å². The number of pyridine rings is 4. The van der Waals surface area contributed by atoms with Gasteiger partial charge in [-0.15, -0.1) is 0 Å². The fraction of sp³-hybridized carbons (Fsp3) is 0. The van der Waals surface area contributed by atoms with Crippen LogP contribution in [0.5, 0.6) is 0 Å². The molecule has 0 bridgehead atoms. The van der Waals surface area contributed by atoms with Gasteiger partial charge in [0.1, 0.15) is 5.82 Å². The minimum absolute atomic E-state index is 0.665. The largest absolute Gasteiger partial charge is 0.343 e. The van der Waals surface area contributed by atoms with Crippen LogP contribution in [-0.2, 0) is 0 Å². The Kier molecular flexibility index (Phi) is 3.60. The number of hydrogen-bond donors (Lipinski definition) is 1. The van der Waals surface area contributed by atoms with E-state index in [1.165, 1.54) is 0 Å². The maximum absolute atomic E-state index is 4.81. The van der Waals surface area contributed by atoms with Crippen molar-refractivity contribution in [1.82, 2.24) is 39.5 Å². The molecule has 6 aromatic rings. The summed E-state index contributed by atoms with van der Waals surface area (Å²) < 4.78 is 2.09. The summed E-state index contributed by atoms with van der Waals surface area (Å²) in [7, 11) is 0. The van der Waals surface area contributed by atoms with Gasteiger partial charge in [-0.25, -0.2) is 19.9 Å². The highest BCUT2D eigenvalue weighted by molar-refractivity contribution is 5.85. The predicted molar refractivity (Wildman–Crippen MR) is 113 cm³/mol. The Morgan fingerprint density at radius 3 is 2.20 bits per heavy atom. The maximum atomic E-state index is 4.81. The van der Waals surface area contributed by atoms with Crippen molar-refractivity contribution < 1.29 is 0 Å². The van der Waals surface area contributed by atoms with E-state index in [1.807, 2.05) is 42.7 Å². The minimum atomic E-state index is 0.665. The zero-order valence-electron chi connectivity index (χ0n) is 15.6. The van der Waals surface area contributed by atoms with Gasteiger partial charge < -0.3 is 4.98 Å². The van der Waals surface area contributed by atoms with Gasteiger partial charge in [0, 0.05) is 53.9 Å². The molecule has 0 spiro atoms. The van der Waals surface area contributed by atoms with Crippen molar-refractivity contribution in [3.05, 3.63) is 79.9 Å². The molecule has 8 nitrogen and oxygen atoms in total. The number of nitrogens with one attached hydrogen (secondary N) is 1. The predicted octanol–water partition coefficient (Wildman–Crippen LogP) is 3.82. The van der Waals surface area contributed by atoms with E-state index in [-0.39, 0.29) is 0 Å². The van der Waals surface area contributed by atoms with Crippen LogP contribution in [0.4, 0.5) is 0 Å². The molecule has 0 saturated carbocycles. The zero-order valence-corrected chi connectivity index (χ0v) is 15.6. The SMILES string of the molecule is c1cc(-c2nc3ncc(-c4cnc5nc[nH]c5c4)cc3n2-c2ccncc2)ccn1. The van der Waals surface area contributed by atoms with Gasteiger partial charge in [0.2, 0.25) is 0 Å². The Hall–Kier alpha value is -4.46. The molecule has 142 valence electrons. The number of aromatic amines is 1. The molecular weight excluding hydrogens is 376 g/mol. The molecule has 0 saturated heterocycles. The van der Waals surface area contributed by atoms with Crippen molar-refractivity contribution >= 4 is 22.3 Å². The second-order valence-electron chi connectivity index (χ2n) is 6.78. The number of imidazole rings is 2. The highest BCUT2D eigenvalue weighted by Gasteiger charge is 2.16. The Morgan fingerprint density at radius 1 is 0.700 bits per heavy atom. The van der Waals surface area contributed by atoms with Crippen LogP contribution >= 0.6 is 0 Å². The lowest BCUT2D eigenvalue weighted by Gasteiger charge is -2.09. The van der Waals surface area contributed by atoms with Crippen molar-refractivity contribution in [3.63, 3.8) is 0 Å². The third-order valence-electron chi connectivity index (χ3n) is 4.98. The van der Waals surface area contributed by atoms with Crippen LogP contribution in [0.1, 0.15) is 0 Å². The molecule has 6 heterocycles. The summed E-state index contributed by atoms with van der Waals surface area (Å²) >= 11 is 0. The van der Waals surface area contributed by atoms with E-state index in [4.69, 9.17) is 4.98 Å². The van der Waals surface area contributed by atoms with Crippen molar-refractivity contribution in [3.8, 4) is 28.2 Å². The molecule has 6 aromatic heterocycles. The fourth-order valence-electron chi connectivity index (χ4n) is 3.56. The Balaban J connectivity index is 1.61. The van der Waals surface area contributed by atoms with Crippen LogP contribution < -0.4 is 0 Å². The molecule has 0 amide bonds. The van der Waals surface area contributed by atoms with E-state index in [9.17, 15) is 0 Å². The van der Waals surface area contributed by atoms with Crippen molar-refractivity contribution in [2.75, 3.05) is 0 Å². The number of rotatable bonds is 3. The van der Waals surface area contributed by atoms with Crippen LogP contribution in [0.2, 0.25) is 0 Å². The molecule has 0 unspecified atom stereocenters. The summed E-state index contributed by atoms with van der Waals surface area (Å²) in [5, 5.41) is 0. The van der Waals surface area contributed by atoms with Gasteiger partial charge in [0.15, 0.2) is 11.3 Å². The lowest BCUT2D eigenvalue weighted by molar-refractivity contribution is 1.09. The van der Waals surface area contributed by atoms with Crippen LogP contribution in [0.25, 0.3) is 50.5 Å². The van der Waals surface area contributed by atoms with Crippen LogP contribution in [-0.4, -0.2) is 39.5 Å². The summed E-state index contributed by atoms with van der Waals surface area (Å²) in [5.74, 6) is 0.797. The molecule has 0 aliphatic carbocycles. The zero-order chi connectivity index (χ0) is 19.9. The van der Waals surface area contributed by atoms with Crippen molar-refractivity contribution in [2.24, 2.45) is 0 Å². The Bertz CT molecular complexity index is 1490. The van der Waals surface area contributed by atoms with Crippen molar-refractivity contribution in [2.45, 2.75) is 0 Å². The molecular formula is C22H14N8. The average molecular weight is 390 g/mol. The van der Waals surface area contributed by atoms with Crippen LogP contribution in [0, 0.1) is 0 Å².